The molecule has 0 atom stereocenters. The quantitative estimate of drug-likeness (QED) is 0.717. The van der Waals surface area contributed by atoms with E-state index >= 15 is 0 Å². The number of hydrogen-bond donors (Lipinski definition) is 2. The summed E-state index contributed by atoms with van der Waals surface area (Å²) < 4.78 is 13.8. The van der Waals surface area contributed by atoms with E-state index in [1.165, 1.54) is 6.07 Å². The van der Waals surface area contributed by atoms with Crippen LogP contribution in [0.15, 0.2) is 40.9 Å². The van der Waals surface area contributed by atoms with E-state index in [-0.39, 0.29) is 11.6 Å². The van der Waals surface area contributed by atoms with Crippen LogP contribution in [0, 0.1) is 5.82 Å². The van der Waals surface area contributed by atoms with E-state index in [2.05, 4.69) is 25.9 Å². The van der Waals surface area contributed by atoms with Crippen LogP contribution in [-0.2, 0) is 0 Å². The first-order valence-corrected chi connectivity index (χ1v) is 6.07. The van der Waals surface area contributed by atoms with Gasteiger partial charge in [-0.15, -0.1) is 0 Å². The molecule has 2 aromatic carbocycles. The number of aromatic hydroxyl groups is 1. The third-order valence-electron chi connectivity index (χ3n) is 2.64. The molecule has 0 radical (unpaired) electrons. The van der Waals surface area contributed by atoms with Crippen molar-refractivity contribution in [3.8, 4) is 17.1 Å². The van der Waals surface area contributed by atoms with Crippen molar-refractivity contribution in [1.29, 1.82) is 0 Å². The van der Waals surface area contributed by atoms with Crippen molar-refractivity contribution in [3.05, 3.63) is 46.7 Å². The molecule has 3 aromatic rings. The zero-order valence-corrected chi connectivity index (χ0v) is 10.7. The summed E-state index contributed by atoms with van der Waals surface area (Å²) in [6.07, 6.45) is 0. The molecule has 0 bridgehead atoms. The Labute approximate surface area is 110 Å². The summed E-state index contributed by atoms with van der Waals surface area (Å²) in [6.45, 7) is 0. The van der Waals surface area contributed by atoms with Crippen molar-refractivity contribution in [2.75, 3.05) is 0 Å². The monoisotopic (exact) mass is 306 g/mol. The van der Waals surface area contributed by atoms with Crippen molar-refractivity contribution in [3.63, 3.8) is 0 Å². The minimum atomic E-state index is -0.339. The van der Waals surface area contributed by atoms with Crippen molar-refractivity contribution < 1.29 is 9.50 Å². The van der Waals surface area contributed by atoms with E-state index in [0.29, 0.717) is 21.3 Å². The summed E-state index contributed by atoms with van der Waals surface area (Å²) in [5, 5.41) is 9.43. The average Bonchev–Trinajstić information content (AvgIpc) is 2.73. The van der Waals surface area contributed by atoms with Gasteiger partial charge in [-0.25, -0.2) is 9.37 Å². The number of halogens is 2. The highest BCUT2D eigenvalue weighted by atomic mass is 79.9. The summed E-state index contributed by atoms with van der Waals surface area (Å²) in [6, 6.07) is 9.74. The molecular formula is C13H8BrFN2O. The molecule has 0 unspecified atom stereocenters. The van der Waals surface area contributed by atoms with Crippen LogP contribution in [-0.4, -0.2) is 15.1 Å². The second-order valence-corrected chi connectivity index (χ2v) is 4.77. The molecule has 0 amide bonds. The van der Waals surface area contributed by atoms with Crippen LogP contribution < -0.4 is 0 Å². The van der Waals surface area contributed by atoms with Crippen molar-refractivity contribution in [1.82, 2.24) is 9.97 Å². The number of rotatable bonds is 1. The summed E-state index contributed by atoms with van der Waals surface area (Å²) in [4.78, 5) is 7.39. The number of hydrogen-bond acceptors (Lipinski definition) is 2. The molecule has 3 nitrogen and oxygen atoms in total. The predicted octanol–water partition coefficient (Wildman–Crippen LogP) is 3.84. The fourth-order valence-corrected chi connectivity index (χ4v) is 2.13. The van der Waals surface area contributed by atoms with Crippen LogP contribution in [0.3, 0.4) is 0 Å². The van der Waals surface area contributed by atoms with Crippen LogP contribution in [0.5, 0.6) is 5.75 Å². The van der Waals surface area contributed by atoms with Gasteiger partial charge in [-0.3, -0.25) is 0 Å². The molecule has 5 heteroatoms. The van der Waals surface area contributed by atoms with Gasteiger partial charge in [0.15, 0.2) is 0 Å². The Bertz CT molecular complexity index is 700. The minimum absolute atomic E-state index is 0.167. The maximum atomic E-state index is 13.4. The number of phenols is 1. The Balaban J connectivity index is 2.19. The molecule has 0 aliphatic heterocycles. The highest BCUT2D eigenvalue weighted by molar-refractivity contribution is 9.10. The average molecular weight is 307 g/mol. The molecule has 0 aliphatic rings. The lowest BCUT2D eigenvalue weighted by Crippen LogP contribution is -1.79. The molecule has 0 aliphatic carbocycles. The van der Waals surface area contributed by atoms with E-state index in [4.69, 9.17) is 0 Å². The highest BCUT2D eigenvalue weighted by Crippen LogP contribution is 2.26. The van der Waals surface area contributed by atoms with Crippen molar-refractivity contribution in [2.24, 2.45) is 0 Å². The van der Waals surface area contributed by atoms with Gasteiger partial charge in [0.25, 0.3) is 0 Å². The van der Waals surface area contributed by atoms with Gasteiger partial charge in [-0.2, -0.15) is 0 Å². The molecule has 0 fully saturated rings. The normalized spacial score (nSPS) is 11.0. The second-order valence-electron chi connectivity index (χ2n) is 3.92. The fourth-order valence-electron chi connectivity index (χ4n) is 1.79. The molecule has 90 valence electrons. The van der Waals surface area contributed by atoms with Gasteiger partial charge in [0.2, 0.25) is 0 Å². The highest BCUT2D eigenvalue weighted by Gasteiger charge is 2.09. The smallest absolute Gasteiger partial charge is 0.139 e. The molecule has 3 rings (SSSR count). The topological polar surface area (TPSA) is 48.9 Å². The number of aromatic nitrogens is 2. The SMILES string of the molecule is Oc1cccc(-c2nc3cc(Br)c(F)cc3[nH]2)c1. The van der Waals surface area contributed by atoms with Crippen molar-refractivity contribution in [2.45, 2.75) is 0 Å². The molecule has 1 heterocycles. The predicted molar refractivity (Wildman–Crippen MR) is 70.9 cm³/mol. The number of phenolic OH excluding ortho intramolecular Hbond substituents is 1. The van der Waals surface area contributed by atoms with Gasteiger partial charge in [-0.1, -0.05) is 12.1 Å². The Morgan fingerprint density at radius 2 is 2.06 bits per heavy atom. The fraction of sp³-hybridized carbons (Fsp3) is 0. The Hall–Kier alpha value is -1.88. The standard InChI is InChI=1S/C13H8BrFN2O/c14-9-5-11-12(6-10(9)15)17-13(16-11)7-2-1-3-8(18)4-7/h1-6,18H,(H,16,17). The van der Waals surface area contributed by atoms with Crippen LogP contribution in [0.25, 0.3) is 22.4 Å². The lowest BCUT2D eigenvalue weighted by Gasteiger charge is -1.96. The number of H-pyrrole nitrogens is 1. The van der Waals surface area contributed by atoms with E-state index in [9.17, 15) is 9.50 Å². The first-order chi connectivity index (χ1) is 8.63. The number of imidazole rings is 1. The minimum Gasteiger partial charge on any atom is -0.508 e. The van der Waals surface area contributed by atoms with Gasteiger partial charge >= 0.3 is 0 Å². The molecule has 2 N–H and O–H groups in total. The Morgan fingerprint density at radius 1 is 1.22 bits per heavy atom. The number of fused-ring (bicyclic) bond motifs is 1. The summed E-state index contributed by atoms with van der Waals surface area (Å²) in [5.41, 5.74) is 2.04. The van der Waals surface area contributed by atoms with Crippen LogP contribution >= 0.6 is 15.9 Å². The number of nitrogens with zero attached hydrogens (tertiary/aromatic N) is 1. The number of aromatic amines is 1. The Morgan fingerprint density at radius 3 is 2.83 bits per heavy atom. The van der Waals surface area contributed by atoms with Crippen LogP contribution in [0.2, 0.25) is 0 Å². The van der Waals surface area contributed by atoms with Crippen LogP contribution in [0.1, 0.15) is 0 Å². The summed E-state index contributed by atoms with van der Waals surface area (Å²) in [5.74, 6) is 0.423. The van der Waals surface area contributed by atoms with Crippen molar-refractivity contribution >= 4 is 27.0 Å². The second kappa shape index (κ2) is 4.10. The van der Waals surface area contributed by atoms with Crippen LogP contribution in [0.4, 0.5) is 4.39 Å². The first-order valence-electron chi connectivity index (χ1n) is 5.27. The third kappa shape index (κ3) is 1.86. The third-order valence-corrected chi connectivity index (χ3v) is 3.25. The van der Waals surface area contributed by atoms with E-state index in [0.717, 1.165) is 5.56 Å². The molecular weight excluding hydrogens is 299 g/mol. The van der Waals surface area contributed by atoms with Gasteiger partial charge in [-0.05, 0) is 34.1 Å². The van der Waals surface area contributed by atoms with Gasteiger partial charge in [0.05, 0.1) is 15.5 Å². The first kappa shape index (κ1) is 11.2. The Kier molecular flexibility index (Phi) is 2.56. The summed E-state index contributed by atoms with van der Waals surface area (Å²) >= 11 is 3.12. The van der Waals surface area contributed by atoms with E-state index in [1.807, 2.05) is 6.07 Å². The lowest BCUT2D eigenvalue weighted by atomic mass is 10.2. The summed E-state index contributed by atoms with van der Waals surface area (Å²) in [7, 11) is 0. The zero-order chi connectivity index (χ0) is 12.7. The van der Waals surface area contributed by atoms with Gasteiger partial charge in [0.1, 0.15) is 17.4 Å². The molecule has 0 saturated heterocycles. The maximum Gasteiger partial charge on any atom is 0.139 e. The molecule has 18 heavy (non-hydrogen) atoms. The van der Waals surface area contributed by atoms with E-state index in [1.54, 1.807) is 24.3 Å². The number of benzene rings is 2. The molecule has 0 saturated carbocycles. The molecule has 1 aromatic heterocycles. The largest absolute Gasteiger partial charge is 0.508 e. The lowest BCUT2D eigenvalue weighted by molar-refractivity contribution is 0.475. The zero-order valence-electron chi connectivity index (χ0n) is 9.11. The molecule has 0 spiro atoms. The van der Waals surface area contributed by atoms with E-state index < -0.39 is 0 Å². The number of nitrogens with one attached hydrogen (secondary N) is 1. The van der Waals surface area contributed by atoms with Gasteiger partial charge in [0, 0.05) is 11.6 Å². The van der Waals surface area contributed by atoms with Gasteiger partial charge < -0.3 is 10.1 Å². The maximum absolute atomic E-state index is 13.4.